The minimum absolute atomic E-state index is 0.0430. The largest absolute Gasteiger partial charge is 0.474 e. The van der Waals surface area contributed by atoms with Crippen LogP contribution in [0.5, 0.6) is 5.88 Å². The highest BCUT2D eigenvalue weighted by Gasteiger charge is 2.16. The van der Waals surface area contributed by atoms with Crippen LogP contribution in [0.2, 0.25) is 0 Å². The summed E-state index contributed by atoms with van der Waals surface area (Å²) in [5, 5.41) is 11.4. The molecule has 6 nitrogen and oxygen atoms in total. The highest BCUT2D eigenvalue weighted by Crippen LogP contribution is 2.28. The van der Waals surface area contributed by atoms with Crippen molar-refractivity contribution in [2.75, 3.05) is 0 Å². The first-order chi connectivity index (χ1) is 9.09. The number of non-ortho nitro benzene ring substituents is 1. The quantitative estimate of drug-likeness (QED) is 0.626. The van der Waals surface area contributed by atoms with Crippen molar-refractivity contribution < 1.29 is 9.66 Å². The van der Waals surface area contributed by atoms with E-state index in [0.29, 0.717) is 16.8 Å². The number of hydrogen-bond acceptors (Lipinski definition) is 5. The fourth-order valence-electron chi connectivity index (χ4n) is 1.51. The summed E-state index contributed by atoms with van der Waals surface area (Å²) in [6, 6.07) is 4.71. The van der Waals surface area contributed by atoms with Crippen LogP contribution in [0.3, 0.4) is 0 Å². The van der Waals surface area contributed by atoms with Crippen molar-refractivity contribution in [3.8, 4) is 5.88 Å². The van der Waals surface area contributed by atoms with Gasteiger partial charge in [0.25, 0.3) is 5.69 Å². The molecule has 0 saturated heterocycles. The lowest BCUT2D eigenvalue weighted by Gasteiger charge is -2.10. The fourth-order valence-corrected chi connectivity index (χ4v) is 1.51. The summed E-state index contributed by atoms with van der Waals surface area (Å²) in [6.45, 7) is 7.73. The molecule has 0 unspecified atom stereocenters. The standard InChI is InChI=1S/C11H11N3O3.C2H6/c1-7(2)17-11-8-4-3-5-9(14(15)16)10(8)12-6-13-11;1-2/h3-7H,1-2H3;1-2H3. The number of hydrogen-bond donors (Lipinski definition) is 0. The van der Waals surface area contributed by atoms with E-state index in [2.05, 4.69) is 9.97 Å². The van der Waals surface area contributed by atoms with E-state index in [4.69, 9.17) is 4.74 Å². The summed E-state index contributed by atoms with van der Waals surface area (Å²) < 4.78 is 5.49. The van der Waals surface area contributed by atoms with Gasteiger partial charge in [0, 0.05) is 6.07 Å². The Morgan fingerprint density at radius 3 is 2.53 bits per heavy atom. The molecule has 0 fully saturated rings. The first-order valence-corrected chi connectivity index (χ1v) is 6.14. The molecule has 0 atom stereocenters. The Morgan fingerprint density at radius 2 is 1.95 bits per heavy atom. The van der Waals surface area contributed by atoms with Gasteiger partial charge in [-0.15, -0.1) is 0 Å². The Kier molecular flexibility index (Phi) is 5.17. The third-order valence-electron chi connectivity index (χ3n) is 2.15. The van der Waals surface area contributed by atoms with Crippen molar-refractivity contribution in [3.05, 3.63) is 34.6 Å². The molecule has 0 bridgehead atoms. The van der Waals surface area contributed by atoms with Crippen molar-refractivity contribution in [2.45, 2.75) is 33.8 Å². The molecular weight excluding hydrogens is 246 g/mol. The van der Waals surface area contributed by atoms with Gasteiger partial charge in [-0.2, -0.15) is 0 Å². The Morgan fingerprint density at radius 1 is 1.26 bits per heavy atom. The van der Waals surface area contributed by atoms with Crippen LogP contribution in [0.15, 0.2) is 24.5 Å². The predicted molar refractivity (Wildman–Crippen MR) is 73.3 cm³/mol. The number of nitro benzene ring substituents is 1. The summed E-state index contributed by atoms with van der Waals surface area (Å²) in [5.74, 6) is 0.369. The normalized spacial score (nSPS) is 9.95. The summed E-state index contributed by atoms with van der Waals surface area (Å²) in [5.41, 5.74) is 0.252. The molecule has 1 aromatic carbocycles. The number of rotatable bonds is 3. The minimum atomic E-state index is -0.464. The molecule has 1 aromatic heterocycles. The molecule has 0 spiro atoms. The van der Waals surface area contributed by atoms with Gasteiger partial charge in [-0.3, -0.25) is 10.1 Å². The van der Waals surface area contributed by atoms with E-state index >= 15 is 0 Å². The van der Waals surface area contributed by atoms with E-state index in [9.17, 15) is 10.1 Å². The molecule has 0 aliphatic rings. The lowest BCUT2D eigenvalue weighted by Crippen LogP contribution is -2.07. The molecule has 19 heavy (non-hydrogen) atoms. The maximum Gasteiger partial charge on any atom is 0.295 e. The van der Waals surface area contributed by atoms with E-state index in [1.165, 1.54) is 12.4 Å². The maximum absolute atomic E-state index is 10.9. The average molecular weight is 263 g/mol. The highest BCUT2D eigenvalue weighted by molar-refractivity contribution is 5.90. The highest BCUT2D eigenvalue weighted by atomic mass is 16.6. The number of fused-ring (bicyclic) bond motifs is 1. The Hall–Kier alpha value is -2.24. The van der Waals surface area contributed by atoms with Crippen LogP contribution in [0.4, 0.5) is 5.69 Å². The van der Waals surface area contributed by atoms with E-state index in [1.807, 2.05) is 27.7 Å². The third-order valence-corrected chi connectivity index (χ3v) is 2.15. The lowest BCUT2D eigenvalue weighted by molar-refractivity contribution is -0.383. The molecule has 2 rings (SSSR count). The molecule has 0 amide bonds. The summed E-state index contributed by atoms with van der Waals surface area (Å²) in [4.78, 5) is 18.3. The van der Waals surface area contributed by atoms with Crippen LogP contribution < -0.4 is 4.74 Å². The molecule has 6 heteroatoms. The third kappa shape index (κ3) is 3.37. The van der Waals surface area contributed by atoms with Gasteiger partial charge in [-0.25, -0.2) is 9.97 Å². The molecular formula is C13H17N3O3. The number of benzene rings is 1. The van der Waals surface area contributed by atoms with Crippen LogP contribution in [0.25, 0.3) is 10.9 Å². The first kappa shape index (κ1) is 14.8. The van der Waals surface area contributed by atoms with E-state index in [-0.39, 0.29) is 11.8 Å². The number of nitrogens with zero attached hydrogens (tertiary/aromatic N) is 3. The zero-order chi connectivity index (χ0) is 14.4. The number of para-hydroxylation sites is 1. The van der Waals surface area contributed by atoms with Gasteiger partial charge < -0.3 is 4.74 Å². The molecule has 0 radical (unpaired) electrons. The van der Waals surface area contributed by atoms with Crippen molar-refractivity contribution >= 4 is 16.6 Å². The molecule has 1 heterocycles. The summed E-state index contributed by atoms with van der Waals surface area (Å²) in [7, 11) is 0. The summed E-state index contributed by atoms with van der Waals surface area (Å²) in [6.07, 6.45) is 1.22. The molecule has 102 valence electrons. The second-order valence-electron chi connectivity index (χ2n) is 3.78. The zero-order valence-electron chi connectivity index (χ0n) is 11.5. The molecule has 0 saturated carbocycles. The van der Waals surface area contributed by atoms with Gasteiger partial charge >= 0.3 is 0 Å². The van der Waals surface area contributed by atoms with Gasteiger partial charge in [-0.1, -0.05) is 19.9 Å². The number of nitro groups is 1. The van der Waals surface area contributed by atoms with Crippen molar-refractivity contribution in [1.82, 2.24) is 9.97 Å². The maximum atomic E-state index is 10.9. The molecule has 0 aliphatic carbocycles. The van der Waals surface area contributed by atoms with Gasteiger partial charge in [0.1, 0.15) is 6.33 Å². The smallest absolute Gasteiger partial charge is 0.295 e. The minimum Gasteiger partial charge on any atom is -0.474 e. The monoisotopic (exact) mass is 263 g/mol. The number of aromatic nitrogens is 2. The lowest BCUT2D eigenvalue weighted by atomic mass is 10.2. The van der Waals surface area contributed by atoms with E-state index in [0.717, 1.165) is 0 Å². The van der Waals surface area contributed by atoms with Crippen molar-refractivity contribution in [3.63, 3.8) is 0 Å². The van der Waals surface area contributed by atoms with Gasteiger partial charge in [0.2, 0.25) is 5.88 Å². The Labute approximate surface area is 111 Å². The molecule has 2 aromatic rings. The van der Waals surface area contributed by atoms with Gasteiger partial charge in [0.05, 0.1) is 16.4 Å². The number of ether oxygens (including phenoxy) is 1. The predicted octanol–water partition coefficient (Wildman–Crippen LogP) is 3.35. The Bertz CT molecular complexity index is 570. The zero-order valence-corrected chi connectivity index (χ0v) is 11.5. The second kappa shape index (κ2) is 6.63. The first-order valence-electron chi connectivity index (χ1n) is 6.14. The van der Waals surface area contributed by atoms with Gasteiger partial charge in [0.15, 0.2) is 5.52 Å². The van der Waals surface area contributed by atoms with Crippen LogP contribution in [-0.4, -0.2) is 21.0 Å². The van der Waals surface area contributed by atoms with E-state index < -0.39 is 4.92 Å². The topological polar surface area (TPSA) is 78.2 Å². The van der Waals surface area contributed by atoms with Crippen molar-refractivity contribution in [2.24, 2.45) is 0 Å². The van der Waals surface area contributed by atoms with Crippen LogP contribution >= 0.6 is 0 Å². The Balaban J connectivity index is 0.000000861. The van der Waals surface area contributed by atoms with E-state index in [1.54, 1.807) is 12.1 Å². The van der Waals surface area contributed by atoms with Crippen LogP contribution in [-0.2, 0) is 0 Å². The fraction of sp³-hybridized carbons (Fsp3) is 0.385. The molecule has 0 aliphatic heterocycles. The molecule has 0 N–H and O–H groups in total. The van der Waals surface area contributed by atoms with Gasteiger partial charge in [-0.05, 0) is 19.9 Å². The SMILES string of the molecule is CC.CC(C)Oc1ncnc2c([N+](=O)[O-])cccc12. The van der Waals surface area contributed by atoms with Crippen molar-refractivity contribution in [1.29, 1.82) is 0 Å². The average Bonchev–Trinajstić information content (AvgIpc) is 2.40. The second-order valence-corrected chi connectivity index (χ2v) is 3.78. The van der Waals surface area contributed by atoms with Crippen LogP contribution in [0, 0.1) is 10.1 Å². The summed E-state index contributed by atoms with van der Waals surface area (Å²) >= 11 is 0. The van der Waals surface area contributed by atoms with Crippen LogP contribution in [0.1, 0.15) is 27.7 Å².